The first-order valence-corrected chi connectivity index (χ1v) is 6.75. The van der Waals surface area contributed by atoms with Crippen molar-refractivity contribution >= 4 is 24.0 Å². The first kappa shape index (κ1) is 15.0. The Morgan fingerprint density at radius 3 is 2.77 bits per heavy atom. The molecule has 0 spiro atoms. The smallest absolute Gasteiger partial charge is 0.281 e. The number of carbonyl (C=O) groups is 1. The molecule has 0 aliphatic carbocycles. The van der Waals surface area contributed by atoms with Gasteiger partial charge in [0.15, 0.2) is 18.1 Å². The Bertz CT molecular complexity index is 599. The summed E-state index contributed by atoms with van der Waals surface area (Å²) in [5, 5.41) is 30.4. The highest BCUT2D eigenvalue weighted by atomic mass is 16.6. The van der Waals surface area contributed by atoms with Crippen LogP contribution in [0.5, 0.6) is 0 Å². The van der Waals surface area contributed by atoms with Crippen LogP contribution in [0.25, 0.3) is 0 Å². The first-order valence-electron chi connectivity index (χ1n) is 6.75. The lowest BCUT2D eigenvalue weighted by molar-refractivity contribution is -0.118. The van der Waals surface area contributed by atoms with Gasteiger partial charge in [-0.2, -0.15) is 9.98 Å². The third kappa shape index (κ3) is 2.03. The lowest BCUT2D eigenvalue weighted by Gasteiger charge is -2.33. The van der Waals surface area contributed by atoms with Crippen LogP contribution in [0.1, 0.15) is 13.8 Å². The maximum Gasteiger partial charge on any atom is 0.281 e. The molecule has 1 amide bonds. The summed E-state index contributed by atoms with van der Waals surface area (Å²) in [6, 6.07) is -0.936. The summed E-state index contributed by atoms with van der Waals surface area (Å²) in [6.45, 7) is 2.81. The summed E-state index contributed by atoms with van der Waals surface area (Å²) in [6.07, 6.45) is -3.10. The Kier molecular flexibility index (Phi) is 3.29. The van der Waals surface area contributed by atoms with Crippen LogP contribution in [-0.4, -0.2) is 80.4 Å². The number of hydrogen-bond donors (Lipinski definition) is 4. The van der Waals surface area contributed by atoms with Gasteiger partial charge < -0.3 is 25.8 Å². The van der Waals surface area contributed by atoms with Gasteiger partial charge >= 0.3 is 0 Å². The predicted octanol–water partition coefficient (Wildman–Crippen LogP) is -2.83. The molecular weight excluding hydrogens is 294 g/mol. The molecule has 1 fully saturated rings. The number of carbonyl (C=O) groups excluding carboxylic acids is 1. The van der Waals surface area contributed by atoms with Crippen molar-refractivity contribution in [3.63, 3.8) is 0 Å². The predicted molar refractivity (Wildman–Crippen MR) is 75.2 cm³/mol. The van der Waals surface area contributed by atoms with E-state index in [1.807, 2.05) is 0 Å². The quantitative estimate of drug-likeness (QED) is 0.428. The van der Waals surface area contributed by atoms with Crippen molar-refractivity contribution in [2.75, 3.05) is 0 Å². The van der Waals surface area contributed by atoms with E-state index >= 15 is 0 Å². The lowest BCUT2D eigenvalue weighted by Crippen LogP contribution is -2.55. The minimum atomic E-state index is -1.71. The maximum atomic E-state index is 11.8. The molecule has 0 saturated carbocycles. The van der Waals surface area contributed by atoms with E-state index in [-0.39, 0.29) is 11.8 Å². The summed E-state index contributed by atoms with van der Waals surface area (Å²) in [7, 11) is 0. The Morgan fingerprint density at radius 2 is 2.18 bits per heavy atom. The molecule has 0 aromatic carbocycles. The fourth-order valence-corrected chi connectivity index (χ4v) is 2.76. The van der Waals surface area contributed by atoms with E-state index < -0.39 is 42.1 Å². The minimum absolute atomic E-state index is 0.168. The van der Waals surface area contributed by atoms with Crippen LogP contribution in [0.4, 0.5) is 0 Å². The van der Waals surface area contributed by atoms with Gasteiger partial charge in [0, 0.05) is 0 Å². The second-order valence-corrected chi connectivity index (χ2v) is 5.72. The van der Waals surface area contributed by atoms with Crippen LogP contribution < -0.4 is 5.73 Å². The minimum Gasteiger partial charge on any atom is -0.391 e. The van der Waals surface area contributed by atoms with Crippen molar-refractivity contribution < 1.29 is 24.9 Å². The summed E-state index contributed by atoms with van der Waals surface area (Å²) in [4.78, 5) is 24.6. The second kappa shape index (κ2) is 4.81. The molecule has 3 rings (SSSR count). The Hall–Kier alpha value is -1.88. The van der Waals surface area contributed by atoms with Crippen molar-refractivity contribution in [1.82, 2.24) is 4.90 Å². The average Bonchev–Trinajstić information content (AvgIpc) is 2.91. The maximum absolute atomic E-state index is 11.8. The molecule has 5 N–H and O–H groups in total. The van der Waals surface area contributed by atoms with Gasteiger partial charge in [-0.25, -0.2) is 0 Å². The largest absolute Gasteiger partial charge is 0.391 e. The molecule has 0 aromatic heterocycles. The molecule has 6 atom stereocenters. The zero-order valence-electron chi connectivity index (χ0n) is 12.0. The SMILES string of the molecule is C[C@@H](O)[C@H]1O[C@@H](N2C=NC3C(=O)N=C(N)N=C32)[C@](C)(O)[C@@H]1O. The third-order valence-corrected chi connectivity index (χ3v) is 3.96. The molecule has 3 heterocycles. The van der Waals surface area contributed by atoms with Crippen LogP contribution in [-0.2, 0) is 9.53 Å². The molecule has 10 nitrogen and oxygen atoms in total. The molecule has 10 heteroatoms. The number of aliphatic hydroxyl groups is 3. The number of amidine groups is 1. The van der Waals surface area contributed by atoms with Crippen LogP contribution in [0.2, 0.25) is 0 Å². The van der Waals surface area contributed by atoms with Crippen LogP contribution in [0.15, 0.2) is 15.0 Å². The monoisotopic (exact) mass is 311 g/mol. The number of guanidine groups is 1. The molecule has 22 heavy (non-hydrogen) atoms. The Labute approximate surface area is 125 Å². The average molecular weight is 311 g/mol. The van der Waals surface area contributed by atoms with Crippen molar-refractivity contribution in [2.45, 2.75) is 50.0 Å². The number of aliphatic imine (C=N–C) groups is 3. The van der Waals surface area contributed by atoms with Gasteiger partial charge in [-0.15, -0.1) is 0 Å². The van der Waals surface area contributed by atoms with Crippen molar-refractivity contribution in [2.24, 2.45) is 20.7 Å². The number of nitrogens with zero attached hydrogens (tertiary/aromatic N) is 4. The van der Waals surface area contributed by atoms with E-state index in [1.54, 1.807) is 0 Å². The van der Waals surface area contributed by atoms with E-state index in [2.05, 4.69) is 15.0 Å². The summed E-state index contributed by atoms with van der Waals surface area (Å²) < 4.78 is 5.57. The van der Waals surface area contributed by atoms with E-state index in [4.69, 9.17) is 10.5 Å². The number of nitrogens with two attached hydrogens (primary N) is 1. The normalized spacial score (nSPS) is 42.2. The molecule has 0 radical (unpaired) electrons. The highest BCUT2D eigenvalue weighted by Crippen LogP contribution is 2.36. The lowest BCUT2D eigenvalue weighted by atomic mass is 9.94. The van der Waals surface area contributed by atoms with Gasteiger partial charge in [-0.3, -0.25) is 14.7 Å². The zero-order chi connectivity index (χ0) is 16.2. The number of rotatable bonds is 2. The van der Waals surface area contributed by atoms with Gasteiger partial charge in [0.2, 0.25) is 5.96 Å². The highest BCUT2D eigenvalue weighted by Gasteiger charge is 2.57. The molecule has 3 aliphatic rings. The fraction of sp³-hybridized carbons (Fsp3) is 0.667. The van der Waals surface area contributed by atoms with Crippen molar-refractivity contribution in [3.05, 3.63) is 0 Å². The van der Waals surface area contributed by atoms with Gasteiger partial charge in [0.05, 0.1) is 12.4 Å². The summed E-state index contributed by atoms with van der Waals surface area (Å²) >= 11 is 0. The van der Waals surface area contributed by atoms with E-state index in [0.717, 1.165) is 0 Å². The van der Waals surface area contributed by atoms with Gasteiger partial charge in [0.25, 0.3) is 5.91 Å². The first-order chi connectivity index (χ1) is 10.2. The molecule has 1 unspecified atom stereocenters. The van der Waals surface area contributed by atoms with E-state index in [1.165, 1.54) is 25.1 Å². The Balaban J connectivity index is 1.93. The summed E-state index contributed by atoms with van der Waals surface area (Å²) in [5.41, 5.74) is 3.77. The van der Waals surface area contributed by atoms with Gasteiger partial charge in [0.1, 0.15) is 17.8 Å². The van der Waals surface area contributed by atoms with Crippen molar-refractivity contribution in [1.29, 1.82) is 0 Å². The van der Waals surface area contributed by atoms with Crippen molar-refractivity contribution in [3.8, 4) is 0 Å². The molecule has 3 aliphatic heterocycles. The van der Waals surface area contributed by atoms with E-state index in [9.17, 15) is 20.1 Å². The number of amides is 1. The topological polar surface area (TPSA) is 153 Å². The Morgan fingerprint density at radius 1 is 1.50 bits per heavy atom. The highest BCUT2D eigenvalue weighted by molar-refractivity contribution is 6.21. The van der Waals surface area contributed by atoms with Crippen LogP contribution >= 0.6 is 0 Å². The standard InChI is InChI=1S/C12H17N5O5/c1-4(18)6-7(19)12(2,21)10(22-6)17-3-14-5-8(17)15-11(13)16-9(5)20/h3-7,10,18-19,21H,1-2H3,(H2,13,16,20)/t4-,5?,6-,7-,10-,12-/m1/s1. The zero-order valence-corrected chi connectivity index (χ0v) is 12.0. The third-order valence-electron chi connectivity index (χ3n) is 3.96. The number of hydrogen-bond acceptors (Lipinski definition) is 9. The molecule has 0 bridgehead atoms. The van der Waals surface area contributed by atoms with E-state index in [0.29, 0.717) is 0 Å². The number of fused-ring (bicyclic) bond motifs is 1. The number of ether oxygens (including phenoxy) is 1. The van der Waals surface area contributed by atoms with Crippen LogP contribution in [0.3, 0.4) is 0 Å². The number of aliphatic hydroxyl groups excluding tert-OH is 2. The van der Waals surface area contributed by atoms with Crippen LogP contribution in [0, 0.1) is 0 Å². The second-order valence-electron chi connectivity index (χ2n) is 5.72. The fourth-order valence-electron chi connectivity index (χ4n) is 2.76. The van der Waals surface area contributed by atoms with Gasteiger partial charge in [-0.05, 0) is 13.8 Å². The summed E-state index contributed by atoms with van der Waals surface area (Å²) in [5.74, 6) is -0.607. The molecular formula is C12H17N5O5. The molecule has 0 aromatic rings. The molecule has 120 valence electrons. The van der Waals surface area contributed by atoms with Gasteiger partial charge in [-0.1, -0.05) is 0 Å². The molecule has 1 saturated heterocycles.